The number of rotatable bonds is 3. The molecule has 0 spiro atoms. The molecule has 3 heteroatoms. The summed E-state index contributed by atoms with van der Waals surface area (Å²) < 4.78 is 0. The predicted octanol–water partition coefficient (Wildman–Crippen LogP) is 4.55. The summed E-state index contributed by atoms with van der Waals surface area (Å²) in [5, 5.41) is 1.37. The average Bonchev–Trinajstić information content (AvgIpc) is 2.11. The van der Waals surface area contributed by atoms with E-state index in [-0.39, 0.29) is 5.38 Å². The molecule has 0 aromatic heterocycles. The van der Waals surface area contributed by atoms with E-state index in [9.17, 15) is 0 Å². The minimum Gasteiger partial charge on any atom is -0.123 e. The largest absolute Gasteiger partial charge is 0.123 e. The first-order chi connectivity index (χ1) is 6.13. The third kappa shape index (κ3) is 3.38. The maximum absolute atomic E-state index is 6.02. The van der Waals surface area contributed by atoms with Crippen molar-refractivity contribution in [2.24, 2.45) is 0 Å². The lowest BCUT2D eigenvalue weighted by atomic mass is 10.1. The van der Waals surface area contributed by atoms with Crippen LogP contribution in [0.3, 0.4) is 0 Å². The maximum Gasteiger partial charge on any atom is 0.0595 e. The number of alkyl halides is 1. The molecule has 0 aliphatic carbocycles. The quantitative estimate of drug-likeness (QED) is 0.677. The highest BCUT2D eigenvalue weighted by Gasteiger charge is 2.04. The van der Waals surface area contributed by atoms with Crippen LogP contribution in [0.25, 0.3) is 0 Å². The van der Waals surface area contributed by atoms with E-state index in [1.54, 1.807) is 6.07 Å². The Hall–Kier alpha value is 0.0900. The summed E-state index contributed by atoms with van der Waals surface area (Å²) >= 11 is 17.7. The lowest BCUT2D eigenvalue weighted by Gasteiger charge is -2.06. The van der Waals surface area contributed by atoms with Crippen molar-refractivity contribution in [3.05, 3.63) is 33.8 Å². The molecule has 0 saturated carbocycles. The summed E-state index contributed by atoms with van der Waals surface area (Å²) in [6.07, 6.45) is 1.80. The van der Waals surface area contributed by atoms with Crippen LogP contribution in [0.2, 0.25) is 10.0 Å². The molecule has 0 fully saturated rings. The van der Waals surface area contributed by atoms with Gasteiger partial charge in [-0.15, -0.1) is 11.6 Å². The SMILES string of the molecule is CCC(Cl)Cc1ccc(Cl)c(Cl)c1. The highest BCUT2D eigenvalue weighted by atomic mass is 35.5. The molecule has 0 aliphatic heterocycles. The highest BCUT2D eigenvalue weighted by Crippen LogP contribution is 2.24. The summed E-state index contributed by atoms with van der Waals surface area (Å²) in [5.74, 6) is 0. The van der Waals surface area contributed by atoms with E-state index in [0.29, 0.717) is 10.0 Å². The van der Waals surface area contributed by atoms with Gasteiger partial charge in [-0.2, -0.15) is 0 Å². The fraction of sp³-hybridized carbons (Fsp3) is 0.400. The Bertz CT molecular complexity index is 283. The number of benzene rings is 1. The summed E-state index contributed by atoms with van der Waals surface area (Å²) in [7, 11) is 0. The molecular weight excluding hydrogens is 226 g/mol. The van der Waals surface area contributed by atoms with Crippen molar-refractivity contribution < 1.29 is 0 Å². The van der Waals surface area contributed by atoms with Crippen LogP contribution in [0.15, 0.2) is 18.2 Å². The molecule has 1 rings (SSSR count). The molecule has 0 amide bonds. The number of halogens is 3. The molecule has 1 atom stereocenters. The van der Waals surface area contributed by atoms with Crippen LogP contribution in [0.5, 0.6) is 0 Å². The van der Waals surface area contributed by atoms with Gasteiger partial charge in [-0.3, -0.25) is 0 Å². The van der Waals surface area contributed by atoms with Crippen molar-refractivity contribution in [2.75, 3.05) is 0 Å². The van der Waals surface area contributed by atoms with Gasteiger partial charge in [0.1, 0.15) is 0 Å². The van der Waals surface area contributed by atoms with Gasteiger partial charge in [-0.05, 0) is 30.5 Å². The fourth-order valence-corrected chi connectivity index (χ4v) is 1.57. The van der Waals surface area contributed by atoms with Gasteiger partial charge in [0.15, 0.2) is 0 Å². The molecular formula is C10H11Cl3. The molecule has 0 heterocycles. The zero-order valence-corrected chi connectivity index (χ0v) is 9.63. The Morgan fingerprint density at radius 1 is 1.23 bits per heavy atom. The summed E-state index contributed by atoms with van der Waals surface area (Å²) in [5.41, 5.74) is 1.14. The monoisotopic (exact) mass is 236 g/mol. The van der Waals surface area contributed by atoms with Crippen LogP contribution < -0.4 is 0 Å². The van der Waals surface area contributed by atoms with Crippen molar-refractivity contribution in [2.45, 2.75) is 25.1 Å². The van der Waals surface area contributed by atoms with Crippen LogP contribution in [0, 0.1) is 0 Å². The minimum absolute atomic E-state index is 0.178. The molecule has 72 valence electrons. The van der Waals surface area contributed by atoms with Gasteiger partial charge in [0.2, 0.25) is 0 Å². The second-order valence-corrected chi connectivity index (χ2v) is 4.39. The first kappa shape index (κ1) is 11.2. The van der Waals surface area contributed by atoms with Gasteiger partial charge >= 0.3 is 0 Å². The second kappa shape index (κ2) is 5.09. The van der Waals surface area contributed by atoms with Gasteiger partial charge in [0.05, 0.1) is 10.0 Å². The van der Waals surface area contributed by atoms with Gasteiger partial charge in [0, 0.05) is 5.38 Å². The molecule has 0 aliphatic rings. The third-order valence-corrected chi connectivity index (χ3v) is 3.09. The van der Waals surface area contributed by atoms with E-state index in [1.165, 1.54) is 0 Å². The van der Waals surface area contributed by atoms with E-state index in [4.69, 9.17) is 34.8 Å². The lowest BCUT2D eigenvalue weighted by Crippen LogP contribution is -2.00. The fourth-order valence-electron chi connectivity index (χ4n) is 1.07. The van der Waals surface area contributed by atoms with E-state index >= 15 is 0 Å². The minimum atomic E-state index is 0.178. The molecule has 0 saturated heterocycles. The van der Waals surface area contributed by atoms with E-state index < -0.39 is 0 Å². The summed E-state index contributed by atoms with van der Waals surface area (Å²) in [6.45, 7) is 2.06. The zero-order chi connectivity index (χ0) is 9.84. The van der Waals surface area contributed by atoms with Gasteiger partial charge in [-0.1, -0.05) is 36.2 Å². The smallest absolute Gasteiger partial charge is 0.0595 e. The van der Waals surface area contributed by atoms with Crippen LogP contribution in [-0.2, 0) is 6.42 Å². The Labute approximate surface area is 93.8 Å². The zero-order valence-electron chi connectivity index (χ0n) is 7.36. The van der Waals surface area contributed by atoms with Crippen molar-refractivity contribution in [3.63, 3.8) is 0 Å². The van der Waals surface area contributed by atoms with Crippen molar-refractivity contribution in [1.29, 1.82) is 0 Å². The van der Waals surface area contributed by atoms with Crippen LogP contribution >= 0.6 is 34.8 Å². The lowest BCUT2D eigenvalue weighted by molar-refractivity contribution is 0.805. The molecule has 0 nitrogen and oxygen atoms in total. The highest BCUT2D eigenvalue weighted by molar-refractivity contribution is 6.42. The Morgan fingerprint density at radius 3 is 2.46 bits per heavy atom. The van der Waals surface area contributed by atoms with Crippen LogP contribution in [0.1, 0.15) is 18.9 Å². The molecule has 1 aromatic carbocycles. The second-order valence-electron chi connectivity index (χ2n) is 2.96. The van der Waals surface area contributed by atoms with Gasteiger partial charge < -0.3 is 0 Å². The first-order valence-corrected chi connectivity index (χ1v) is 5.40. The van der Waals surface area contributed by atoms with Crippen LogP contribution in [-0.4, -0.2) is 5.38 Å². The Kier molecular flexibility index (Phi) is 4.37. The van der Waals surface area contributed by atoms with E-state index in [2.05, 4.69) is 6.92 Å². The van der Waals surface area contributed by atoms with E-state index in [1.807, 2.05) is 12.1 Å². The van der Waals surface area contributed by atoms with Gasteiger partial charge in [-0.25, -0.2) is 0 Å². The van der Waals surface area contributed by atoms with Crippen LogP contribution in [0.4, 0.5) is 0 Å². The molecule has 0 bridgehead atoms. The molecule has 1 unspecified atom stereocenters. The maximum atomic E-state index is 6.02. The number of hydrogen-bond donors (Lipinski definition) is 0. The normalized spacial score (nSPS) is 12.9. The Balaban J connectivity index is 2.73. The summed E-state index contributed by atoms with van der Waals surface area (Å²) in [4.78, 5) is 0. The topological polar surface area (TPSA) is 0 Å². The number of hydrogen-bond acceptors (Lipinski definition) is 0. The molecule has 0 radical (unpaired) electrons. The molecule has 0 N–H and O–H groups in total. The summed E-state index contributed by atoms with van der Waals surface area (Å²) in [6, 6.07) is 5.63. The predicted molar refractivity (Wildman–Crippen MR) is 60.1 cm³/mol. The van der Waals surface area contributed by atoms with Gasteiger partial charge in [0.25, 0.3) is 0 Å². The van der Waals surface area contributed by atoms with Crippen molar-refractivity contribution in [3.8, 4) is 0 Å². The third-order valence-electron chi connectivity index (χ3n) is 1.88. The molecule has 13 heavy (non-hydrogen) atoms. The molecule has 1 aromatic rings. The van der Waals surface area contributed by atoms with Crippen molar-refractivity contribution >= 4 is 34.8 Å². The standard InChI is InChI=1S/C10H11Cl3/c1-2-8(11)5-7-3-4-9(12)10(13)6-7/h3-4,6,8H,2,5H2,1H3. The average molecular weight is 238 g/mol. The van der Waals surface area contributed by atoms with E-state index in [0.717, 1.165) is 18.4 Å². The van der Waals surface area contributed by atoms with Crippen molar-refractivity contribution in [1.82, 2.24) is 0 Å². The first-order valence-electron chi connectivity index (χ1n) is 4.21. The Morgan fingerprint density at radius 2 is 1.92 bits per heavy atom.